The van der Waals surface area contributed by atoms with Crippen LogP contribution in [0, 0.1) is 5.82 Å². The number of morpholine rings is 1. The molecule has 0 spiro atoms. The van der Waals surface area contributed by atoms with Crippen molar-refractivity contribution in [2.75, 3.05) is 44.3 Å². The molecule has 2 fully saturated rings. The molecule has 2 aliphatic rings. The molecule has 6 nitrogen and oxygen atoms in total. The fraction of sp³-hybridized carbons (Fsp3) is 0.391. The van der Waals surface area contributed by atoms with E-state index in [-0.39, 0.29) is 17.6 Å². The average Bonchev–Trinajstić information content (AvgIpc) is 3.34. The number of fused-ring (bicyclic) bond motifs is 1. The first kappa shape index (κ1) is 19.2. The van der Waals surface area contributed by atoms with Gasteiger partial charge in [-0.3, -0.25) is 9.69 Å². The number of carbonyl (C=O) groups is 1. The summed E-state index contributed by atoms with van der Waals surface area (Å²) in [5.41, 5.74) is 2.37. The number of benzene rings is 2. The third-order valence-corrected chi connectivity index (χ3v) is 6.06. The van der Waals surface area contributed by atoms with Gasteiger partial charge in [0, 0.05) is 45.1 Å². The number of rotatable bonds is 5. The van der Waals surface area contributed by atoms with Crippen molar-refractivity contribution in [3.8, 4) is 0 Å². The highest BCUT2D eigenvalue weighted by Crippen LogP contribution is 2.34. The smallest absolute Gasteiger partial charge is 0.227 e. The Morgan fingerprint density at radius 2 is 1.80 bits per heavy atom. The summed E-state index contributed by atoms with van der Waals surface area (Å²) in [7, 11) is 0. The average molecular weight is 408 g/mol. The molecule has 0 aliphatic carbocycles. The lowest BCUT2D eigenvalue weighted by atomic mass is 10.1. The molecule has 1 aromatic heterocycles. The van der Waals surface area contributed by atoms with Crippen LogP contribution >= 0.6 is 0 Å². The van der Waals surface area contributed by atoms with Crippen molar-refractivity contribution >= 4 is 22.6 Å². The standard InChI is InChI=1S/C23H25FN4O2/c24-18-5-1-3-7-20(18)28-16-17(15-22(28)29)23-25-19-6-2-4-8-21(19)27(23)10-9-26-11-13-30-14-12-26/h1-8,17H,9-16H2. The van der Waals surface area contributed by atoms with Crippen molar-refractivity contribution in [1.82, 2.24) is 14.5 Å². The van der Waals surface area contributed by atoms with E-state index in [4.69, 9.17) is 9.72 Å². The number of hydrogen-bond acceptors (Lipinski definition) is 4. The largest absolute Gasteiger partial charge is 0.379 e. The topological polar surface area (TPSA) is 50.6 Å². The van der Waals surface area contributed by atoms with Gasteiger partial charge in [-0.25, -0.2) is 9.37 Å². The number of anilines is 1. The van der Waals surface area contributed by atoms with Crippen LogP contribution in [0.2, 0.25) is 0 Å². The van der Waals surface area contributed by atoms with E-state index < -0.39 is 0 Å². The number of ether oxygens (including phenoxy) is 1. The summed E-state index contributed by atoms with van der Waals surface area (Å²) in [5.74, 6) is 0.426. The maximum atomic E-state index is 14.3. The highest BCUT2D eigenvalue weighted by Gasteiger charge is 2.35. The number of aromatic nitrogens is 2. The predicted molar refractivity (Wildman–Crippen MR) is 113 cm³/mol. The predicted octanol–water partition coefficient (Wildman–Crippen LogP) is 3.03. The van der Waals surface area contributed by atoms with Gasteiger partial charge < -0.3 is 14.2 Å². The summed E-state index contributed by atoms with van der Waals surface area (Å²) in [5, 5.41) is 0. The van der Waals surface area contributed by atoms with Gasteiger partial charge >= 0.3 is 0 Å². The summed E-state index contributed by atoms with van der Waals surface area (Å²) in [4.78, 5) is 21.6. The molecule has 7 heteroatoms. The molecule has 0 N–H and O–H groups in total. The first-order chi connectivity index (χ1) is 14.7. The molecule has 1 amide bonds. The molecule has 2 aromatic carbocycles. The van der Waals surface area contributed by atoms with Crippen LogP contribution in [0.5, 0.6) is 0 Å². The fourth-order valence-corrected chi connectivity index (χ4v) is 4.49. The van der Waals surface area contributed by atoms with Crippen molar-refractivity contribution in [3.05, 3.63) is 60.2 Å². The summed E-state index contributed by atoms with van der Waals surface area (Å²) < 4.78 is 22.0. The SMILES string of the molecule is O=C1CC(c2nc3ccccc3n2CCN2CCOCC2)CN1c1ccccc1F. The van der Waals surface area contributed by atoms with E-state index in [0.717, 1.165) is 56.3 Å². The second-order valence-corrected chi connectivity index (χ2v) is 7.92. The minimum Gasteiger partial charge on any atom is -0.379 e. The highest BCUT2D eigenvalue weighted by atomic mass is 19.1. The molecule has 5 rings (SSSR count). The van der Waals surface area contributed by atoms with Gasteiger partial charge in [-0.15, -0.1) is 0 Å². The van der Waals surface area contributed by atoms with Crippen LogP contribution in [-0.4, -0.2) is 59.8 Å². The molecule has 2 saturated heterocycles. The molecule has 3 heterocycles. The Morgan fingerprint density at radius 1 is 1.03 bits per heavy atom. The van der Waals surface area contributed by atoms with Gasteiger partial charge in [-0.2, -0.15) is 0 Å². The van der Waals surface area contributed by atoms with Crippen molar-refractivity contribution in [2.45, 2.75) is 18.9 Å². The van der Waals surface area contributed by atoms with Gasteiger partial charge in [0.1, 0.15) is 11.6 Å². The Kier molecular flexibility index (Phi) is 5.23. The molecule has 3 aromatic rings. The third kappa shape index (κ3) is 3.59. The van der Waals surface area contributed by atoms with Crippen LogP contribution in [0.1, 0.15) is 18.2 Å². The molecule has 0 bridgehead atoms. The van der Waals surface area contributed by atoms with Gasteiger partial charge in [0.2, 0.25) is 5.91 Å². The second-order valence-electron chi connectivity index (χ2n) is 7.92. The highest BCUT2D eigenvalue weighted by molar-refractivity contribution is 5.96. The van der Waals surface area contributed by atoms with Crippen molar-refractivity contribution < 1.29 is 13.9 Å². The van der Waals surface area contributed by atoms with Gasteiger partial charge in [0.05, 0.1) is 29.9 Å². The second kappa shape index (κ2) is 8.16. The zero-order valence-electron chi connectivity index (χ0n) is 16.8. The van der Waals surface area contributed by atoms with E-state index in [1.807, 2.05) is 18.2 Å². The van der Waals surface area contributed by atoms with Gasteiger partial charge in [-0.1, -0.05) is 24.3 Å². The molecule has 30 heavy (non-hydrogen) atoms. The van der Waals surface area contributed by atoms with Gasteiger partial charge in [0.25, 0.3) is 0 Å². The fourth-order valence-electron chi connectivity index (χ4n) is 4.49. The molecule has 1 unspecified atom stereocenters. The first-order valence-electron chi connectivity index (χ1n) is 10.5. The summed E-state index contributed by atoms with van der Waals surface area (Å²) in [6.45, 7) is 5.57. The molecule has 1 atom stereocenters. The van der Waals surface area contributed by atoms with E-state index in [9.17, 15) is 9.18 Å². The van der Waals surface area contributed by atoms with E-state index in [1.54, 1.807) is 23.1 Å². The van der Waals surface area contributed by atoms with Gasteiger partial charge in [0.15, 0.2) is 0 Å². The zero-order valence-corrected chi connectivity index (χ0v) is 16.8. The van der Waals surface area contributed by atoms with E-state index >= 15 is 0 Å². The Bertz CT molecular complexity index is 1060. The molecule has 0 saturated carbocycles. The van der Waals surface area contributed by atoms with Crippen LogP contribution in [0.25, 0.3) is 11.0 Å². The summed E-state index contributed by atoms with van der Waals surface area (Å²) in [6, 6.07) is 14.6. The number of carbonyl (C=O) groups excluding carboxylic acids is 1. The summed E-state index contributed by atoms with van der Waals surface area (Å²) in [6.07, 6.45) is 0.342. The lowest BCUT2D eigenvalue weighted by Gasteiger charge is -2.27. The normalized spacial score (nSPS) is 20.4. The molecule has 156 valence electrons. The van der Waals surface area contributed by atoms with Crippen LogP contribution in [0.3, 0.4) is 0 Å². The number of para-hydroxylation sites is 3. The third-order valence-electron chi connectivity index (χ3n) is 6.06. The Balaban J connectivity index is 1.43. The van der Waals surface area contributed by atoms with Crippen molar-refractivity contribution in [2.24, 2.45) is 0 Å². The van der Waals surface area contributed by atoms with Gasteiger partial charge in [-0.05, 0) is 24.3 Å². The van der Waals surface area contributed by atoms with Crippen LogP contribution < -0.4 is 4.90 Å². The minimum atomic E-state index is -0.368. The molecule has 2 aliphatic heterocycles. The van der Waals surface area contributed by atoms with Crippen molar-refractivity contribution in [3.63, 3.8) is 0 Å². The summed E-state index contributed by atoms with van der Waals surface area (Å²) >= 11 is 0. The number of nitrogens with zero attached hydrogens (tertiary/aromatic N) is 4. The lowest BCUT2D eigenvalue weighted by Crippen LogP contribution is -2.38. The molecular weight excluding hydrogens is 383 g/mol. The quantitative estimate of drug-likeness (QED) is 0.651. The Morgan fingerprint density at radius 3 is 2.63 bits per heavy atom. The van der Waals surface area contributed by atoms with E-state index in [0.29, 0.717) is 18.7 Å². The van der Waals surface area contributed by atoms with Crippen LogP contribution in [-0.2, 0) is 16.1 Å². The van der Waals surface area contributed by atoms with Crippen LogP contribution in [0.15, 0.2) is 48.5 Å². The Labute approximate surface area is 174 Å². The number of hydrogen-bond donors (Lipinski definition) is 0. The number of imidazole rings is 1. The monoisotopic (exact) mass is 408 g/mol. The molecule has 0 radical (unpaired) electrons. The Hall–Kier alpha value is -2.77. The van der Waals surface area contributed by atoms with Crippen molar-refractivity contribution in [1.29, 1.82) is 0 Å². The zero-order chi connectivity index (χ0) is 20.5. The maximum absolute atomic E-state index is 14.3. The molecular formula is C23H25FN4O2. The first-order valence-corrected chi connectivity index (χ1v) is 10.5. The van der Waals surface area contributed by atoms with E-state index in [2.05, 4.69) is 15.5 Å². The lowest BCUT2D eigenvalue weighted by molar-refractivity contribution is -0.117. The van der Waals surface area contributed by atoms with Crippen LogP contribution in [0.4, 0.5) is 10.1 Å². The minimum absolute atomic E-state index is 0.0584. The number of halogens is 1. The van der Waals surface area contributed by atoms with E-state index in [1.165, 1.54) is 6.07 Å². The number of amides is 1. The maximum Gasteiger partial charge on any atom is 0.227 e.